The minimum Gasteiger partial charge on any atom is -0.333 e. The van der Waals surface area contributed by atoms with Gasteiger partial charge in [-0.15, -0.1) is 0 Å². The first-order valence-electron chi connectivity index (χ1n) is 6.58. The second-order valence-electron chi connectivity index (χ2n) is 4.79. The first-order chi connectivity index (χ1) is 9.75. The van der Waals surface area contributed by atoms with Crippen LogP contribution in [-0.4, -0.2) is 56.2 Å². The van der Waals surface area contributed by atoms with Crippen LogP contribution >= 0.6 is 0 Å². The van der Waals surface area contributed by atoms with E-state index in [1.54, 1.807) is 24.7 Å². The molecule has 1 amide bonds. The third kappa shape index (κ3) is 2.39. The van der Waals surface area contributed by atoms with E-state index in [-0.39, 0.29) is 11.9 Å². The van der Waals surface area contributed by atoms with Crippen LogP contribution in [0.2, 0.25) is 0 Å². The zero-order valence-corrected chi connectivity index (χ0v) is 11.2. The highest BCUT2D eigenvalue weighted by Crippen LogP contribution is 2.12. The lowest BCUT2D eigenvalue weighted by Gasteiger charge is -2.34. The molecule has 0 aromatic carbocycles. The summed E-state index contributed by atoms with van der Waals surface area (Å²) in [5.74, 6) is 0.624. The van der Waals surface area contributed by atoms with Gasteiger partial charge >= 0.3 is 0 Å². The Morgan fingerprint density at radius 3 is 3.15 bits per heavy atom. The molecule has 1 aliphatic rings. The van der Waals surface area contributed by atoms with Crippen molar-refractivity contribution < 1.29 is 4.79 Å². The van der Waals surface area contributed by atoms with Gasteiger partial charge in [0.15, 0.2) is 5.82 Å². The first-order valence-corrected chi connectivity index (χ1v) is 6.58. The maximum Gasteiger partial charge on any atom is 0.254 e. The Labute approximate surface area is 116 Å². The molecule has 1 fully saturated rings. The maximum absolute atomic E-state index is 12.6. The van der Waals surface area contributed by atoms with E-state index < -0.39 is 0 Å². The predicted molar refractivity (Wildman–Crippen MR) is 72.5 cm³/mol. The van der Waals surface area contributed by atoms with Crippen molar-refractivity contribution in [2.45, 2.75) is 13.0 Å². The molecule has 1 atom stereocenters. The summed E-state index contributed by atoms with van der Waals surface area (Å²) in [5.41, 5.74) is 0.624. The highest BCUT2D eigenvalue weighted by Gasteiger charge is 2.24. The molecule has 2 aromatic heterocycles. The summed E-state index contributed by atoms with van der Waals surface area (Å²) in [6.07, 6.45) is 4.62. The summed E-state index contributed by atoms with van der Waals surface area (Å²) >= 11 is 0. The molecule has 7 heteroatoms. The molecular formula is C13H16N6O. The van der Waals surface area contributed by atoms with Crippen molar-refractivity contribution in [2.75, 3.05) is 19.6 Å². The fourth-order valence-electron chi connectivity index (χ4n) is 2.31. The Hall–Kier alpha value is -2.28. The van der Waals surface area contributed by atoms with Crippen molar-refractivity contribution in [3.05, 3.63) is 36.5 Å². The van der Waals surface area contributed by atoms with Gasteiger partial charge in [-0.3, -0.25) is 4.79 Å². The molecule has 20 heavy (non-hydrogen) atoms. The average molecular weight is 272 g/mol. The van der Waals surface area contributed by atoms with Crippen molar-refractivity contribution in [2.24, 2.45) is 0 Å². The second kappa shape index (κ2) is 5.38. The summed E-state index contributed by atoms with van der Waals surface area (Å²) in [4.78, 5) is 22.5. The molecular weight excluding hydrogens is 256 g/mol. The third-order valence-corrected chi connectivity index (χ3v) is 3.41. The Morgan fingerprint density at radius 2 is 2.40 bits per heavy atom. The number of amides is 1. The molecule has 104 valence electrons. The number of hydrogen-bond donors (Lipinski definition) is 1. The van der Waals surface area contributed by atoms with Crippen molar-refractivity contribution in [1.82, 2.24) is 30.0 Å². The molecule has 7 nitrogen and oxygen atoms in total. The lowest BCUT2D eigenvalue weighted by Crippen LogP contribution is -2.52. The SMILES string of the molecule is C[C@@H]1CNCCN1C(=O)c1ccnc(-n2cncn2)c1. The van der Waals surface area contributed by atoms with E-state index in [1.807, 2.05) is 11.8 Å². The summed E-state index contributed by atoms with van der Waals surface area (Å²) in [7, 11) is 0. The summed E-state index contributed by atoms with van der Waals surface area (Å²) < 4.78 is 1.54. The van der Waals surface area contributed by atoms with Crippen LogP contribution in [0.1, 0.15) is 17.3 Å². The van der Waals surface area contributed by atoms with E-state index in [0.717, 1.165) is 19.6 Å². The molecule has 0 spiro atoms. The normalized spacial score (nSPS) is 19.1. The van der Waals surface area contributed by atoms with Gasteiger partial charge in [0.1, 0.15) is 12.7 Å². The van der Waals surface area contributed by atoms with Gasteiger partial charge in [-0.1, -0.05) is 0 Å². The van der Waals surface area contributed by atoms with Crippen molar-refractivity contribution in [3.63, 3.8) is 0 Å². The van der Waals surface area contributed by atoms with Gasteiger partial charge in [0.2, 0.25) is 0 Å². The van der Waals surface area contributed by atoms with Crippen LogP contribution < -0.4 is 5.32 Å². The molecule has 0 bridgehead atoms. The predicted octanol–water partition coefficient (Wildman–Crippen LogP) is 0.0962. The van der Waals surface area contributed by atoms with Gasteiger partial charge in [-0.2, -0.15) is 5.10 Å². The summed E-state index contributed by atoms with van der Waals surface area (Å²) in [6.45, 7) is 4.43. The zero-order valence-electron chi connectivity index (χ0n) is 11.2. The van der Waals surface area contributed by atoms with Crippen LogP contribution in [0.5, 0.6) is 0 Å². The summed E-state index contributed by atoms with van der Waals surface area (Å²) in [5, 5.41) is 7.30. The van der Waals surface area contributed by atoms with Crippen LogP contribution in [0.4, 0.5) is 0 Å². The Kier molecular flexibility index (Phi) is 3.42. The molecule has 2 aromatic rings. The van der Waals surface area contributed by atoms with E-state index in [0.29, 0.717) is 11.4 Å². The van der Waals surface area contributed by atoms with Gasteiger partial charge in [0.05, 0.1) is 0 Å². The Balaban J connectivity index is 1.86. The van der Waals surface area contributed by atoms with Crippen LogP contribution in [0.15, 0.2) is 31.0 Å². The number of aromatic nitrogens is 4. The lowest BCUT2D eigenvalue weighted by molar-refractivity contribution is 0.0655. The fourth-order valence-corrected chi connectivity index (χ4v) is 2.31. The standard InChI is InChI=1S/C13H16N6O/c1-10-7-14-4-5-18(10)13(20)11-2-3-16-12(6-11)19-9-15-8-17-19/h2-3,6,8-10,14H,4-5,7H2,1H3/t10-/m1/s1. The van der Waals surface area contributed by atoms with Crippen LogP contribution in [0.3, 0.4) is 0 Å². The number of carbonyl (C=O) groups is 1. The number of piperazine rings is 1. The van der Waals surface area contributed by atoms with E-state index in [4.69, 9.17) is 0 Å². The second-order valence-corrected chi connectivity index (χ2v) is 4.79. The average Bonchev–Trinajstić information content (AvgIpc) is 3.01. The molecule has 0 radical (unpaired) electrons. The van der Waals surface area contributed by atoms with E-state index in [2.05, 4.69) is 20.4 Å². The number of rotatable bonds is 2. The van der Waals surface area contributed by atoms with Gasteiger partial charge in [-0.05, 0) is 19.1 Å². The number of hydrogen-bond acceptors (Lipinski definition) is 5. The highest BCUT2D eigenvalue weighted by molar-refractivity contribution is 5.94. The fraction of sp³-hybridized carbons (Fsp3) is 0.385. The van der Waals surface area contributed by atoms with Crippen molar-refractivity contribution >= 4 is 5.91 Å². The highest BCUT2D eigenvalue weighted by atomic mass is 16.2. The molecule has 0 aliphatic carbocycles. The van der Waals surface area contributed by atoms with Crippen molar-refractivity contribution in [3.8, 4) is 5.82 Å². The molecule has 1 aliphatic heterocycles. The number of nitrogens with one attached hydrogen (secondary N) is 1. The van der Waals surface area contributed by atoms with E-state index in [9.17, 15) is 4.79 Å². The third-order valence-electron chi connectivity index (χ3n) is 3.41. The number of pyridine rings is 1. The topological polar surface area (TPSA) is 75.9 Å². The monoisotopic (exact) mass is 272 g/mol. The molecule has 1 saturated heterocycles. The molecule has 3 rings (SSSR count). The van der Waals surface area contributed by atoms with Crippen LogP contribution in [0.25, 0.3) is 5.82 Å². The van der Waals surface area contributed by atoms with Crippen LogP contribution in [-0.2, 0) is 0 Å². The maximum atomic E-state index is 12.6. The van der Waals surface area contributed by atoms with E-state index >= 15 is 0 Å². The van der Waals surface area contributed by atoms with Gasteiger partial charge in [-0.25, -0.2) is 14.6 Å². The molecule has 0 unspecified atom stereocenters. The lowest BCUT2D eigenvalue weighted by atomic mass is 10.1. The minimum absolute atomic E-state index is 0.0303. The number of nitrogens with zero attached hydrogens (tertiary/aromatic N) is 5. The quantitative estimate of drug-likeness (QED) is 0.839. The molecule has 3 heterocycles. The first kappa shape index (κ1) is 12.7. The zero-order chi connectivity index (χ0) is 13.9. The number of carbonyl (C=O) groups excluding carboxylic acids is 1. The minimum atomic E-state index is 0.0303. The van der Waals surface area contributed by atoms with E-state index in [1.165, 1.54) is 11.0 Å². The molecule has 1 N–H and O–H groups in total. The summed E-state index contributed by atoms with van der Waals surface area (Å²) in [6, 6.07) is 3.67. The van der Waals surface area contributed by atoms with Gasteiger partial charge < -0.3 is 10.2 Å². The van der Waals surface area contributed by atoms with Gasteiger partial charge in [0.25, 0.3) is 5.91 Å². The Bertz CT molecular complexity index is 597. The Morgan fingerprint density at radius 1 is 1.50 bits per heavy atom. The molecule has 0 saturated carbocycles. The van der Waals surface area contributed by atoms with Crippen molar-refractivity contribution in [1.29, 1.82) is 0 Å². The van der Waals surface area contributed by atoms with Crippen LogP contribution in [0, 0.1) is 0 Å². The largest absolute Gasteiger partial charge is 0.333 e. The van der Waals surface area contributed by atoms with Gasteiger partial charge in [0, 0.05) is 37.4 Å². The smallest absolute Gasteiger partial charge is 0.254 e.